The molecule has 0 bridgehead atoms. The quantitative estimate of drug-likeness (QED) is 0.256. The van der Waals surface area contributed by atoms with Crippen molar-refractivity contribution in [3.05, 3.63) is 58.0 Å². The van der Waals surface area contributed by atoms with E-state index in [-0.39, 0.29) is 18.2 Å². The molecule has 3 aromatic heterocycles. The fraction of sp³-hybridized carbons (Fsp3) is 0.464. The molecule has 0 unspecified atom stereocenters. The maximum absolute atomic E-state index is 6.46. The fourth-order valence-electron chi connectivity index (χ4n) is 6.04. The highest BCUT2D eigenvalue weighted by Gasteiger charge is 2.54. The molecule has 9 heteroatoms. The molecule has 192 valence electrons. The lowest BCUT2D eigenvalue weighted by Gasteiger charge is -2.24. The van der Waals surface area contributed by atoms with Gasteiger partial charge in [-0.1, -0.05) is 23.7 Å². The first-order valence-corrected chi connectivity index (χ1v) is 14.2. The minimum Gasteiger partial charge on any atom is -0.366 e. The summed E-state index contributed by atoms with van der Waals surface area (Å²) < 4.78 is 16.1. The van der Waals surface area contributed by atoms with Gasteiger partial charge in [-0.25, -0.2) is 15.0 Å². The number of nitrogens with zero attached hydrogens (tertiary/aromatic N) is 4. The summed E-state index contributed by atoms with van der Waals surface area (Å²) >= 11 is 10.0. The van der Waals surface area contributed by atoms with Crippen molar-refractivity contribution in [2.24, 2.45) is 5.92 Å². The van der Waals surface area contributed by atoms with E-state index >= 15 is 0 Å². The van der Waals surface area contributed by atoms with Crippen LogP contribution in [0.25, 0.3) is 21.9 Å². The summed E-state index contributed by atoms with van der Waals surface area (Å²) in [6.45, 7) is 4.01. The molecule has 4 atom stereocenters. The number of aryl methyl sites for hydroxylation is 1. The SMILES string of the molecule is CC1(C)O[C@@H]2[C@@H](CCc3ccc4cc(Br)c(NC5CC5)nc4c3)C[C@@H](n3ccc4c(Cl)ncnc43)[C@@H]2O1. The third kappa shape index (κ3) is 4.42. The molecule has 1 saturated heterocycles. The second-order valence-corrected chi connectivity index (χ2v) is 12.3. The molecule has 0 spiro atoms. The number of pyridine rings is 1. The Morgan fingerprint density at radius 2 is 1.97 bits per heavy atom. The van der Waals surface area contributed by atoms with E-state index in [2.05, 4.69) is 66.2 Å². The van der Waals surface area contributed by atoms with Crippen molar-refractivity contribution in [3.63, 3.8) is 0 Å². The average Bonchev–Trinajstić information content (AvgIpc) is 3.35. The van der Waals surface area contributed by atoms with Gasteiger partial charge in [-0.3, -0.25) is 0 Å². The molecule has 7 rings (SSSR count). The van der Waals surface area contributed by atoms with Gasteiger partial charge in [-0.15, -0.1) is 0 Å². The van der Waals surface area contributed by atoms with Crippen LogP contribution in [0.2, 0.25) is 5.15 Å². The Bertz CT molecular complexity index is 1500. The second kappa shape index (κ2) is 8.90. The zero-order valence-electron chi connectivity index (χ0n) is 20.8. The van der Waals surface area contributed by atoms with E-state index in [0.717, 1.165) is 51.5 Å². The van der Waals surface area contributed by atoms with Crippen LogP contribution in [0.15, 0.2) is 47.3 Å². The van der Waals surface area contributed by atoms with E-state index in [1.165, 1.54) is 24.7 Å². The van der Waals surface area contributed by atoms with Gasteiger partial charge < -0.3 is 19.4 Å². The number of anilines is 1. The lowest BCUT2D eigenvalue weighted by molar-refractivity contribution is -0.160. The fourth-order valence-corrected chi connectivity index (χ4v) is 6.68. The number of aromatic nitrogens is 4. The van der Waals surface area contributed by atoms with Crippen LogP contribution in [-0.4, -0.2) is 43.6 Å². The number of nitrogens with one attached hydrogen (secondary N) is 1. The summed E-state index contributed by atoms with van der Waals surface area (Å²) in [6.07, 6.45) is 8.98. The van der Waals surface area contributed by atoms with Crippen LogP contribution in [0, 0.1) is 5.92 Å². The lowest BCUT2D eigenvalue weighted by atomic mass is 9.95. The van der Waals surface area contributed by atoms with Crippen LogP contribution in [-0.2, 0) is 15.9 Å². The van der Waals surface area contributed by atoms with Crippen LogP contribution in [0.4, 0.5) is 5.82 Å². The Balaban J connectivity index is 1.13. The highest BCUT2D eigenvalue weighted by molar-refractivity contribution is 9.10. The molecule has 0 radical (unpaired) electrons. The zero-order chi connectivity index (χ0) is 25.3. The van der Waals surface area contributed by atoms with Gasteiger partial charge in [-0.2, -0.15) is 0 Å². The van der Waals surface area contributed by atoms with Gasteiger partial charge in [0.2, 0.25) is 0 Å². The molecule has 2 saturated carbocycles. The van der Waals surface area contributed by atoms with Gasteiger partial charge in [-0.05, 0) is 91.6 Å². The first-order chi connectivity index (χ1) is 17.8. The Labute approximate surface area is 229 Å². The molecule has 2 aliphatic carbocycles. The average molecular weight is 583 g/mol. The minimum atomic E-state index is -0.604. The second-order valence-electron chi connectivity index (χ2n) is 11.1. The summed E-state index contributed by atoms with van der Waals surface area (Å²) in [7, 11) is 0. The molecule has 1 aliphatic heterocycles. The molecule has 3 fully saturated rings. The summed E-state index contributed by atoms with van der Waals surface area (Å²) in [4.78, 5) is 13.6. The van der Waals surface area contributed by atoms with Gasteiger partial charge in [0, 0.05) is 17.6 Å². The van der Waals surface area contributed by atoms with E-state index in [1.54, 1.807) is 0 Å². The molecule has 1 aromatic carbocycles. The maximum Gasteiger partial charge on any atom is 0.163 e. The van der Waals surface area contributed by atoms with Crippen LogP contribution < -0.4 is 5.32 Å². The van der Waals surface area contributed by atoms with Crippen molar-refractivity contribution in [1.29, 1.82) is 0 Å². The first-order valence-electron chi connectivity index (χ1n) is 13.0. The van der Waals surface area contributed by atoms with Crippen LogP contribution in [0.5, 0.6) is 0 Å². The largest absolute Gasteiger partial charge is 0.366 e. The Hall–Kier alpha value is -2.26. The molecule has 0 amide bonds. The number of halogens is 2. The predicted molar refractivity (Wildman–Crippen MR) is 148 cm³/mol. The zero-order valence-corrected chi connectivity index (χ0v) is 23.2. The Morgan fingerprint density at radius 1 is 1.14 bits per heavy atom. The Morgan fingerprint density at radius 3 is 2.81 bits per heavy atom. The molecule has 3 aliphatic rings. The van der Waals surface area contributed by atoms with Crippen molar-refractivity contribution in [2.75, 3.05) is 5.32 Å². The van der Waals surface area contributed by atoms with Gasteiger partial charge >= 0.3 is 0 Å². The molecule has 4 aromatic rings. The predicted octanol–water partition coefficient (Wildman–Crippen LogP) is 6.68. The van der Waals surface area contributed by atoms with E-state index < -0.39 is 5.79 Å². The first kappa shape index (κ1) is 23.8. The van der Waals surface area contributed by atoms with E-state index in [0.29, 0.717) is 17.1 Å². The van der Waals surface area contributed by atoms with Gasteiger partial charge in [0.1, 0.15) is 29.0 Å². The van der Waals surface area contributed by atoms with Crippen LogP contribution >= 0.6 is 27.5 Å². The minimum absolute atomic E-state index is 0.0315. The monoisotopic (exact) mass is 581 g/mol. The molecule has 4 heterocycles. The van der Waals surface area contributed by atoms with Crippen molar-refractivity contribution < 1.29 is 9.47 Å². The topological polar surface area (TPSA) is 74.1 Å². The number of fused-ring (bicyclic) bond motifs is 3. The third-order valence-electron chi connectivity index (χ3n) is 7.93. The van der Waals surface area contributed by atoms with E-state index in [9.17, 15) is 0 Å². The summed E-state index contributed by atoms with van der Waals surface area (Å²) in [5.74, 6) is 0.704. The highest BCUT2D eigenvalue weighted by atomic mass is 79.9. The maximum atomic E-state index is 6.46. The number of ether oxygens (including phenoxy) is 2. The van der Waals surface area contributed by atoms with Crippen molar-refractivity contribution in [3.8, 4) is 0 Å². The highest BCUT2D eigenvalue weighted by Crippen LogP contribution is 2.49. The van der Waals surface area contributed by atoms with Crippen molar-refractivity contribution in [2.45, 2.75) is 76.0 Å². The Kier molecular flexibility index (Phi) is 5.73. The van der Waals surface area contributed by atoms with Crippen molar-refractivity contribution >= 4 is 55.3 Å². The standard InChI is InChI=1S/C28H29BrClN5O2/c1-28(2)36-23-17(13-22(24(23)37-28)35-10-9-19-25(30)31-14-32-27(19)35)6-4-15-3-5-16-12-20(29)26(33-18-7-8-18)34-21(16)11-15/h3,5,9-12,14,17-18,22-24H,4,6-8,13H2,1-2H3,(H,33,34)/t17-,22+,23+,24-/m0/s1. The van der Waals surface area contributed by atoms with Gasteiger partial charge in [0.25, 0.3) is 0 Å². The van der Waals surface area contributed by atoms with E-state index in [1.807, 2.05) is 19.9 Å². The van der Waals surface area contributed by atoms with Gasteiger partial charge in [0.15, 0.2) is 5.79 Å². The van der Waals surface area contributed by atoms with Crippen LogP contribution in [0.3, 0.4) is 0 Å². The summed E-state index contributed by atoms with van der Waals surface area (Å²) in [6, 6.07) is 11.5. The molecule has 1 N–H and O–H groups in total. The van der Waals surface area contributed by atoms with Crippen molar-refractivity contribution in [1.82, 2.24) is 19.5 Å². The smallest absolute Gasteiger partial charge is 0.163 e. The normalized spacial score (nSPS) is 26.7. The number of hydrogen-bond acceptors (Lipinski definition) is 6. The van der Waals surface area contributed by atoms with Crippen LogP contribution in [0.1, 0.15) is 51.1 Å². The number of hydrogen-bond donors (Lipinski definition) is 1. The number of benzene rings is 1. The molecular weight excluding hydrogens is 554 g/mol. The molecule has 37 heavy (non-hydrogen) atoms. The summed E-state index contributed by atoms with van der Waals surface area (Å²) in [5, 5.41) is 6.02. The molecular formula is C28H29BrClN5O2. The summed E-state index contributed by atoms with van der Waals surface area (Å²) in [5.41, 5.74) is 3.17. The third-order valence-corrected chi connectivity index (χ3v) is 8.83. The number of rotatable bonds is 6. The van der Waals surface area contributed by atoms with E-state index in [4.69, 9.17) is 26.1 Å². The molecule has 7 nitrogen and oxygen atoms in total. The lowest BCUT2D eigenvalue weighted by Crippen LogP contribution is -2.27. The van der Waals surface area contributed by atoms with Gasteiger partial charge in [0.05, 0.1) is 27.5 Å².